The third-order valence-corrected chi connectivity index (χ3v) is 4.57. The van der Waals surface area contributed by atoms with Crippen LogP contribution in [0.5, 0.6) is 5.75 Å². The van der Waals surface area contributed by atoms with E-state index in [4.69, 9.17) is 4.74 Å². The molecule has 2 rings (SSSR count). The summed E-state index contributed by atoms with van der Waals surface area (Å²) in [5.74, 6) is 0.649. The molecule has 0 saturated heterocycles. The smallest absolute Gasteiger partial charge is 0.261 e. The van der Waals surface area contributed by atoms with Gasteiger partial charge in [-0.3, -0.25) is 4.79 Å². The Labute approximate surface area is 157 Å². The van der Waals surface area contributed by atoms with Gasteiger partial charge in [-0.2, -0.15) is 0 Å². The molecule has 2 aromatic carbocycles. The Hall–Kier alpha value is -2.29. The number of aryl methyl sites for hydroxylation is 1. The zero-order chi connectivity index (χ0) is 19.3. The summed E-state index contributed by atoms with van der Waals surface area (Å²) in [7, 11) is 0. The Morgan fingerprint density at radius 2 is 1.77 bits per heavy atom. The molecular weight excluding hydrogens is 322 g/mol. The second-order valence-electron chi connectivity index (χ2n) is 7.93. The maximum atomic E-state index is 12.6. The van der Waals surface area contributed by atoms with Gasteiger partial charge in [0.25, 0.3) is 5.91 Å². The molecule has 3 nitrogen and oxygen atoms in total. The van der Waals surface area contributed by atoms with Crippen LogP contribution in [0, 0.1) is 6.92 Å². The van der Waals surface area contributed by atoms with Gasteiger partial charge in [0.15, 0.2) is 6.10 Å². The van der Waals surface area contributed by atoms with Crippen molar-refractivity contribution in [2.24, 2.45) is 0 Å². The third-order valence-electron chi connectivity index (χ3n) is 4.57. The van der Waals surface area contributed by atoms with Gasteiger partial charge in [0.05, 0.1) is 6.04 Å². The van der Waals surface area contributed by atoms with Crippen LogP contribution in [0.15, 0.2) is 48.5 Å². The van der Waals surface area contributed by atoms with Crippen LogP contribution in [-0.4, -0.2) is 12.0 Å². The van der Waals surface area contributed by atoms with Crippen LogP contribution in [-0.2, 0) is 10.2 Å². The quantitative estimate of drug-likeness (QED) is 0.762. The number of carbonyl (C=O) groups excluding carboxylic acids is 1. The van der Waals surface area contributed by atoms with Gasteiger partial charge < -0.3 is 10.1 Å². The lowest BCUT2D eigenvalue weighted by molar-refractivity contribution is -0.128. The first-order chi connectivity index (χ1) is 12.2. The lowest BCUT2D eigenvalue weighted by Crippen LogP contribution is -2.39. The summed E-state index contributed by atoms with van der Waals surface area (Å²) in [5.41, 5.74) is 3.62. The molecule has 0 aromatic heterocycles. The molecule has 0 saturated carbocycles. The minimum atomic E-state index is -0.493. The summed E-state index contributed by atoms with van der Waals surface area (Å²) in [5, 5.41) is 3.08. The van der Waals surface area contributed by atoms with Crippen molar-refractivity contribution in [1.82, 2.24) is 5.32 Å². The Morgan fingerprint density at radius 1 is 1.12 bits per heavy atom. The first-order valence-corrected chi connectivity index (χ1v) is 9.35. The van der Waals surface area contributed by atoms with E-state index < -0.39 is 6.10 Å². The standard InChI is InChI=1S/C23H31NO2/c1-7-21(26-20-10-8-9-16(2)15-20)22(25)24-17(3)18-11-13-19(14-12-18)23(4,5)6/h8-15,17,21H,7H2,1-6H3,(H,24,25). The van der Waals surface area contributed by atoms with E-state index in [-0.39, 0.29) is 17.4 Å². The molecule has 3 heteroatoms. The number of nitrogens with one attached hydrogen (secondary N) is 1. The van der Waals surface area contributed by atoms with Crippen molar-refractivity contribution in [3.8, 4) is 5.75 Å². The number of rotatable bonds is 6. The Balaban J connectivity index is 2.02. The van der Waals surface area contributed by atoms with Crippen molar-refractivity contribution in [2.45, 2.75) is 65.5 Å². The minimum absolute atomic E-state index is 0.0633. The molecule has 1 N–H and O–H groups in total. The van der Waals surface area contributed by atoms with Gasteiger partial charge in [-0.05, 0) is 54.5 Å². The SMILES string of the molecule is CCC(Oc1cccc(C)c1)C(=O)NC(C)c1ccc(C(C)(C)C)cc1. The molecule has 0 fully saturated rings. The number of carbonyl (C=O) groups is 1. The fourth-order valence-electron chi connectivity index (χ4n) is 2.84. The van der Waals surface area contributed by atoms with E-state index >= 15 is 0 Å². The van der Waals surface area contributed by atoms with E-state index in [0.29, 0.717) is 6.42 Å². The molecule has 0 aliphatic rings. The maximum absolute atomic E-state index is 12.6. The van der Waals surface area contributed by atoms with Crippen molar-refractivity contribution in [2.75, 3.05) is 0 Å². The lowest BCUT2D eigenvalue weighted by Gasteiger charge is -2.22. The highest BCUT2D eigenvalue weighted by Crippen LogP contribution is 2.24. The largest absolute Gasteiger partial charge is 0.481 e. The highest BCUT2D eigenvalue weighted by atomic mass is 16.5. The zero-order valence-corrected chi connectivity index (χ0v) is 16.8. The van der Waals surface area contributed by atoms with Gasteiger partial charge in [0, 0.05) is 0 Å². The molecule has 2 aromatic rings. The van der Waals surface area contributed by atoms with Gasteiger partial charge >= 0.3 is 0 Å². The fraction of sp³-hybridized carbons (Fsp3) is 0.435. The van der Waals surface area contributed by atoms with Crippen molar-refractivity contribution < 1.29 is 9.53 Å². The first kappa shape index (κ1) is 20.0. The second kappa shape index (κ2) is 8.39. The van der Waals surface area contributed by atoms with Crippen LogP contribution in [0.2, 0.25) is 0 Å². The van der Waals surface area contributed by atoms with Gasteiger partial charge in [-0.1, -0.05) is 64.1 Å². The van der Waals surface area contributed by atoms with Crippen molar-refractivity contribution in [1.29, 1.82) is 0 Å². The van der Waals surface area contributed by atoms with Crippen molar-refractivity contribution >= 4 is 5.91 Å². The van der Waals surface area contributed by atoms with Crippen molar-refractivity contribution in [3.63, 3.8) is 0 Å². The van der Waals surface area contributed by atoms with Gasteiger partial charge in [-0.15, -0.1) is 0 Å². The molecular formula is C23H31NO2. The third kappa shape index (κ3) is 5.35. The van der Waals surface area contributed by atoms with E-state index in [1.807, 2.05) is 45.0 Å². The summed E-state index contributed by atoms with van der Waals surface area (Å²) in [4.78, 5) is 12.6. The molecule has 0 heterocycles. The van der Waals surface area contributed by atoms with E-state index in [2.05, 4.69) is 50.4 Å². The van der Waals surface area contributed by atoms with Crippen LogP contribution in [0.3, 0.4) is 0 Å². The van der Waals surface area contributed by atoms with Crippen molar-refractivity contribution in [3.05, 3.63) is 65.2 Å². The average molecular weight is 354 g/mol. The monoisotopic (exact) mass is 353 g/mol. The molecule has 0 bridgehead atoms. The van der Waals surface area contributed by atoms with Crippen LogP contribution < -0.4 is 10.1 Å². The van der Waals surface area contributed by atoms with E-state index in [0.717, 1.165) is 16.9 Å². The molecule has 2 unspecified atom stereocenters. The maximum Gasteiger partial charge on any atom is 0.261 e. The summed E-state index contributed by atoms with van der Waals surface area (Å²) in [6.45, 7) is 12.6. The van der Waals surface area contributed by atoms with E-state index in [9.17, 15) is 4.79 Å². The predicted molar refractivity (Wildman–Crippen MR) is 108 cm³/mol. The van der Waals surface area contributed by atoms with Gasteiger partial charge in [0.1, 0.15) is 5.75 Å². The number of hydrogen-bond donors (Lipinski definition) is 1. The Bertz CT molecular complexity index is 729. The Kier molecular flexibility index (Phi) is 6.47. The highest BCUT2D eigenvalue weighted by Gasteiger charge is 2.21. The second-order valence-corrected chi connectivity index (χ2v) is 7.93. The van der Waals surface area contributed by atoms with Crippen LogP contribution in [0.25, 0.3) is 0 Å². The molecule has 0 aliphatic heterocycles. The van der Waals surface area contributed by atoms with E-state index in [1.54, 1.807) is 0 Å². The molecule has 0 radical (unpaired) electrons. The van der Waals surface area contributed by atoms with Crippen LogP contribution in [0.4, 0.5) is 0 Å². The zero-order valence-electron chi connectivity index (χ0n) is 16.8. The summed E-state index contributed by atoms with van der Waals surface area (Å²) in [6.07, 6.45) is 0.128. The molecule has 0 spiro atoms. The summed E-state index contributed by atoms with van der Waals surface area (Å²) >= 11 is 0. The summed E-state index contributed by atoms with van der Waals surface area (Å²) < 4.78 is 5.89. The predicted octanol–water partition coefficient (Wildman–Crippen LogP) is 5.33. The van der Waals surface area contributed by atoms with Crippen LogP contribution >= 0.6 is 0 Å². The minimum Gasteiger partial charge on any atom is -0.481 e. The fourth-order valence-corrected chi connectivity index (χ4v) is 2.84. The molecule has 1 amide bonds. The van der Waals surface area contributed by atoms with E-state index in [1.165, 1.54) is 5.56 Å². The topological polar surface area (TPSA) is 38.3 Å². The Morgan fingerprint density at radius 3 is 2.31 bits per heavy atom. The number of hydrogen-bond acceptors (Lipinski definition) is 2. The molecule has 2 atom stereocenters. The molecule has 0 aliphatic carbocycles. The summed E-state index contributed by atoms with van der Waals surface area (Å²) in [6, 6.07) is 16.2. The molecule has 140 valence electrons. The number of amides is 1. The number of benzene rings is 2. The average Bonchev–Trinajstić information content (AvgIpc) is 2.59. The van der Waals surface area contributed by atoms with Crippen LogP contribution in [0.1, 0.15) is 63.8 Å². The normalized spacial score (nSPS) is 13.8. The molecule has 26 heavy (non-hydrogen) atoms. The lowest BCUT2D eigenvalue weighted by atomic mass is 9.86. The number of ether oxygens (including phenoxy) is 1. The highest BCUT2D eigenvalue weighted by molar-refractivity contribution is 5.81. The van der Waals surface area contributed by atoms with Gasteiger partial charge in [-0.25, -0.2) is 0 Å². The first-order valence-electron chi connectivity index (χ1n) is 9.35. The van der Waals surface area contributed by atoms with Gasteiger partial charge in [0.2, 0.25) is 0 Å².